The fourth-order valence-electron chi connectivity index (χ4n) is 2.14. The van der Waals surface area contributed by atoms with Crippen LogP contribution >= 0.6 is 0 Å². The minimum absolute atomic E-state index is 0.474. The molecule has 1 rings (SSSR count). The molecule has 0 bridgehead atoms. The highest BCUT2D eigenvalue weighted by molar-refractivity contribution is 5.10. The Bertz CT molecular complexity index is 336. The highest BCUT2D eigenvalue weighted by Crippen LogP contribution is 2.08. The van der Waals surface area contributed by atoms with Gasteiger partial charge < -0.3 is 10.1 Å². The summed E-state index contributed by atoms with van der Waals surface area (Å²) in [5.41, 5.74) is 2.37. The quantitative estimate of drug-likeness (QED) is 0.685. The van der Waals surface area contributed by atoms with E-state index in [9.17, 15) is 0 Å². The molecule has 1 heterocycles. The summed E-state index contributed by atoms with van der Waals surface area (Å²) >= 11 is 0. The highest BCUT2D eigenvalue weighted by Gasteiger charge is 2.11. The molecule has 0 radical (unpaired) electrons. The number of hydrogen-bond acceptors (Lipinski definition) is 3. The van der Waals surface area contributed by atoms with Gasteiger partial charge in [-0.1, -0.05) is 13.8 Å². The lowest BCUT2D eigenvalue weighted by molar-refractivity contribution is 0.124. The first kappa shape index (κ1) is 15.2. The Balaban J connectivity index is 2.44. The predicted octanol–water partition coefficient (Wildman–Crippen LogP) is 2.07. The minimum atomic E-state index is 0.474. The van der Waals surface area contributed by atoms with Crippen molar-refractivity contribution in [2.24, 2.45) is 7.05 Å². The molecule has 1 N–H and O–H groups in total. The normalized spacial score (nSPS) is 12.9. The van der Waals surface area contributed by atoms with Gasteiger partial charge in [0.25, 0.3) is 0 Å². The number of aromatic nitrogens is 2. The van der Waals surface area contributed by atoms with E-state index in [4.69, 9.17) is 4.74 Å². The maximum atomic E-state index is 5.57. The first-order valence-electron chi connectivity index (χ1n) is 6.98. The zero-order chi connectivity index (χ0) is 13.4. The smallest absolute Gasteiger partial charge is 0.0596 e. The van der Waals surface area contributed by atoms with Crippen LogP contribution in [0.4, 0.5) is 0 Å². The van der Waals surface area contributed by atoms with E-state index < -0.39 is 0 Å². The Morgan fingerprint density at radius 2 is 2.17 bits per heavy atom. The van der Waals surface area contributed by atoms with Crippen LogP contribution in [0.3, 0.4) is 0 Å². The van der Waals surface area contributed by atoms with Crippen LogP contribution in [0.5, 0.6) is 0 Å². The van der Waals surface area contributed by atoms with Crippen molar-refractivity contribution in [1.29, 1.82) is 0 Å². The molecule has 0 aromatic carbocycles. The third kappa shape index (κ3) is 5.19. The van der Waals surface area contributed by atoms with Crippen molar-refractivity contribution in [2.45, 2.75) is 46.1 Å². The predicted molar refractivity (Wildman–Crippen MR) is 74.8 cm³/mol. The van der Waals surface area contributed by atoms with Crippen LogP contribution in [0.1, 0.15) is 38.1 Å². The molecule has 0 fully saturated rings. The van der Waals surface area contributed by atoms with Crippen molar-refractivity contribution < 1.29 is 4.74 Å². The first-order chi connectivity index (χ1) is 8.67. The monoisotopic (exact) mass is 253 g/mol. The van der Waals surface area contributed by atoms with Crippen molar-refractivity contribution in [1.82, 2.24) is 15.1 Å². The number of ether oxygens (including phenoxy) is 1. The summed E-state index contributed by atoms with van der Waals surface area (Å²) in [7, 11) is 2.01. The van der Waals surface area contributed by atoms with Crippen LogP contribution in [-0.2, 0) is 18.2 Å². The van der Waals surface area contributed by atoms with Crippen LogP contribution < -0.4 is 5.32 Å². The highest BCUT2D eigenvalue weighted by atomic mass is 16.5. The first-order valence-corrected chi connectivity index (χ1v) is 6.98. The van der Waals surface area contributed by atoms with E-state index in [0.29, 0.717) is 6.04 Å². The molecule has 1 aromatic rings. The summed E-state index contributed by atoms with van der Waals surface area (Å²) in [5, 5.41) is 7.91. The molecule has 18 heavy (non-hydrogen) atoms. The van der Waals surface area contributed by atoms with Crippen LogP contribution in [0.15, 0.2) is 6.07 Å². The maximum Gasteiger partial charge on any atom is 0.0596 e. The van der Waals surface area contributed by atoms with Crippen molar-refractivity contribution >= 4 is 0 Å². The van der Waals surface area contributed by atoms with Crippen LogP contribution in [-0.4, -0.2) is 35.6 Å². The molecule has 1 unspecified atom stereocenters. The third-order valence-electron chi connectivity index (χ3n) is 3.01. The summed E-state index contributed by atoms with van der Waals surface area (Å²) in [4.78, 5) is 0. The average Bonchev–Trinajstić information content (AvgIpc) is 2.63. The molecule has 0 spiro atoms. The minimum Gasteiger partial charge on any atom is -0.381 e. The van der Waals surface area contributed by atoms with Gasteiger partial charge in [-0.25, -0.2) is 0 Å². The van der Waals surface area contributed by atoms with E-state index in [2.05, 4.69) is 30.3 Å². The van der Waals surface area contributed by atoms with Gasteiger partial charge >= 0.3 is 0 Å². The molecule has 0 aliphatic carbocycles. The summed E-state index contributed by atoms with van der Waals surface area (Å²) in [5.74, 6) is 0. The summed E-state index contributed by atoms with van der Waals surface area (Å²) < 4.78 is 7.55. The maximum absolute atomic E-state index is 5.57. The van der Waals surface area contributed by atoms with E-state index >= 15 is 0 Å². The Morgan fingerprint density at radius 1 is 1.39 bits per heavy atom. The van der Waals surface area contributed by atoms with Crippen molar-refractivity contribution in [3.63, 3.8) is 0 Å². The van der Waals surface area contributed by atoms with Gasteiger partial charge in [0.1, 0.15) is 0 Å². The second-order valence-corrected chi connectivity index (χ2v) is 4.76. The molecule has 0 aliphatic heterocycles. The van der Waals surface area contributed by atoms with Crippen LogP contribution in [0, 0.1) is 6.92 Å². The standard InChI is InChI=1S/C14H27N3O/c1-5-8-18-9-7-13(15-6-2)11-14-10-12(3)16-17(14)4/h10,13,15H,5-9,11H2,1-4H3. The van der Waals surface area contributed by atoms with E-state index in [-0.39, 0.29) is 0 Å². The molecule has 1 aromatic heterocycles. The Labute approximate surface area is 111 Å². The molecule has 0 saturated heterocycles. The van der Waals surface area contributed by atoms with Gasteiger partial charge in [-0.15, -0.1) is 0 Å². The lowest BCUT2D eigenvalue weighted by Crippen LogP contribution is -2.32. The fourth-order valence-corrected chi connectivity index (χ4v) is 2.14. The Hall–Kier alpha value is -0.870. The number of aryl methyl sites for hydroxylation is 2. The second-order valence-electron chi connectivity index (χ2n) is 4.76. The number of likely N-dealkylation sites (N-methyl/N-ethyl adjacent to an activating group) is 1. The molecule has 104 valence electrons. The molecule has 1 atom stereocenters. The number of nitrogens with one attached hydrogen (secondary N) is 1. The van der Waals surface area contributed by atoms with Crippen molar-refractivity contribution in [3.8, 4) is 0 Å². The number of hydrogen-bond donors (Lipinski definition) is 1. The van der Waals surface area contributed by atoms with Gasteiger partial charge in [0.15, 0.2) is 0 Å². The molecular formula is C14H27N3O. The van der Waals surface area contributed by atoms with Crippen LogP contribution in [0.25, 0.3) is 0 Å². The van der Waals surface area contributed by atoms with Crippen molar-refractivity contribution in [3.05, 3.63) is 17.5 Å². The number of rotatable bonds is 9. The lowest BCUT2D eigenvalue weighted by atomic mass is 10.1. The molecule has 0 amide bonds. The Morgan fingerprint density at radius 3 is 2.72 bits per heavy atom. The van der Waals surface area contributed by atoms with Crippen molar-refractivity contribution in [2.75, 3.05) is 19.8 Å². The lowest BCUT2D eigenvalue weighted by Gasteiger charge is -2.17. The Kier molecular flexibility index (Phi) is 6.98. The topological polar surface area (TPSA) is 39.1 Å². The van der Waals surface area contributed by atoms with E-state index in [1.54, 1.807) is 0 Å². The van der Waals surface area contributed by atoms with Gasteiger partial charge in [0.05, 0.1) is 5.69 Å². The van der Waals surface area contributed by atoms with Gasteiger partial charge in [0.2, 0.25) is 0 Å². The second kappa shape index (κ2) is 8.27. The number of nitrogens with zero attached hydrogens (tertiary/aromatic N) is 2. The fraction of sp³-hybridized carbons (Fsp3) is 0.786. The summed E-state index contributed by atoms with van der Waals surface area (Å²) in [6.07, 6.45) is 3.16. The van der Waals surface area contributed by atoms with E-state index in [1.165, 1.54) is 5.69 Å². The third-order valence-corrected chi connectivity index (χ3v) is 3.01. The zero-order valence-electron chi connectivity index (χ0n) is 12.2. The van der Waals surface area contributed by atoms with E-state index in [0.717, 1.165) is 44.7 Å². The van der Waals surface area contributed by atoms with Gasteiger partial charge in [0, 0.05) is 38.4 Å². The molecule has 4 nitrogen and oxygen atoms in total. The van der Waals surface area contributed by atoms with Gasteiger partial charge in [-0.3, -0.25) is 4.68 Å². The molecule has 0 aliphatic rings. The van der Waals surface area contributed by atoms with E-state index in [1.807, 2.05) is 18.7 Å². The summed E-state index contributed by atoms with van der Waals surface area (Å²) in [6.45, 7) is 9.02. The van der Waals surface area contributed by atoms with Gasteiger partial charge in [-0.05, 0) is 32.4 Å². The molecular weight excluding hydrogens is 226 g/mol. The summed E-state index contributed by atoms with van der Waals surface area (Å²) in [6, 6.07) is 2.64. The average molecular weight is 253 g/mol. The SMILES string of the molecule is CCCOCCC(Cc1cc(C)nn1C)NCC. The van der Waals surface area contributed by atoms with Gasteiger partial charge in [-0.2, -0.15) is 5.10 Å². The molecule has 4 heteroatoms. The zero-order valence-corrected chi connectivity index (χ0v) is 12.2. The van der Waals surface area contributed by atoms with Crippen LogP contribution in [0.2, 0.25) is 0 Å². The molecule has 0 saturated carbocycles. The largest absolute Gasteiger partial charge is 0.381 e.